The predicted molar refractivity (Wildman–Crippen MR) is 67.9 cm³/mol. The molecular formula is C13H19N3O. The van der Waals surface area contributed by atoms with Crippen LogP contribution in [0.2, 0.25) is 0 Å². The Morgan fingerprint density at radius 2 is 2.18 bits per heavy atom. The Morgan fingerprint density at radius 1 is 1.35 bits per heavy atom. The molecule has 4 heteroatoms. The van der Waals surface area contributed by atoms with Crippen LogP contribution in [0.1, 0.15) is 30.5 Å². The third kappa shape index (κ3) is 4.83. The van der Waals surface area contributed by atoms with Crippen LogP contribution in [0.4, 0.5) is 5.82 Å². The van der Waals surface area contributed by atoms with Crippen LogP contribution in [-0.2, 0) is 4.74 Å². The van der Waals surface area contributed by atoms with Crippen LogP contribution in [0.3, 0.4) is 0 Å². The van der Waals surface area contributed by atoms with Gasteiger partial charge in [-0.15, -0.1) is 0 Å². The van der Waals surface area contributed by atoms with Crippen molar-refractivity contribution >= 4 is 5.82 Å². The third-order valence-electron chi connectivity index (χ3n) is 2.47. The Hall–Kier alpha value is -1.60. The van der Waals surface area contributed by atoms with Gasteiger partial charge in [-0.3, -0.25) is 0 Å². The summed E-state index contributed by atoms with van der Waals surface area (Å²) in [6.07, 6.45) is 3.25. The maximum atomic E-state index is 8.94. The number of nitriles is 1. The summed E-state index contributed by atoms with van der Waals surface area (Å²) >= 11 is 0. The summed E-state index contributed by atoms with van der Waals surface area (Å²) in [5, 5.41) is 12.1. The molecule has 1 aromatic rings. The van der Waals surface area contributed by atoms with E-state index < -0.39 is 0 Å². The van der Waals surface area contributed by atoms with Crippen molar-refractivity contribution in [3.05, 3.63) is 23.4 Å². The maximum absolute atomic E-state index is 8.94. The lowest BCUT2D eigenvalue weighted by atomic mass is 10.2. The summed E-state index contributed by atoms with van der Waals surface area (Å²) in [6, 6.07) is 5.79. The summed E-state index contributed by atoms with van der Waals surface area (Å²) in [5.74, 6) is 0.694. The van der Waals surface area contributed by atoms with Crippen LogP contribution in [0.5, 0.6) is 0 Å². The van der Waals surface area contributed by atoms with E-state index in [9.17, 15) is 0 Å². The van der Waals surface area contributed by atoms with Crippen LogP contribution in [0.15, 0.2) is 12.1 Å². The van der Waals surface area contributed by atoms with E-state index in [-0.39, 0.29) is 0 Å². The van der Waals surface area contributed by atoms with Crippen LogP contribution in [-0.4, -0.2) is 25.2 Å². The Balaban J connectivity index is 2.36. The zero-order valence-electron chi connectivity index (χ0n) is 10.5. The Kier molecular flexibility index (Phi) is 6.05. The Morgan fingerprint density at radius 3 is 2.88 bits per heavy atom. The topological polar surface area (TPSA) is 57.9 Å². The molecule has 1 heterocycles. The molecule has 17 heavy (non-hydrogen) atoms. The minimum atomic E-state index is 0.604. The van der Waals surface area contributed by atoms with Gasteiger partial charge in [0.2, 0.25) is 0 Å². The minimum absolute atomic E-state index is 0.604. The highest BCUT2D eigenvalue weighted by molar-refractivity contribution is 5.52. The maximum Gasteiger partial charge on any atom is 0.144 e. The van der Waals surface area contributed by atoms with Crippen LogP contribution >= 0.6 is 0 Å². The second-order valence-corrected chi connectivity index (χ2v) is 3.94. The van der Waals surface area contributed by atoms with Crippen LogP contribution in [0.25, 0.3) is 0 Å². The number of ether oxygens (including phenoxy) is 1. The summed E-state index contributed by atoms with van der Waals surface area (Å²) in [7, 11) is 1.72. The first kappa shape index (κ1) is 13.5. The molecule has 0 aliphatic carbocycles. The van der Waals surface area contributed by atoms with Crippen molar-refractivity contribution in [2.75, 3.05) is 25.6 Å². The highest BCUT2D eigenvalue weighted by Crippen LogP contribution is 2.12. The van der Waals surface area contributed by atoms with E-state index in [2.05, 4.69) is 16.4 Å². The summed E-state index contributed by atoms with van der Waals surface area (Å²) in [6.45, 7) is 3.58. The summed E-state index contributed by atoms with van der Waals surface area (Å²) in [4.78, 5) is 4.32. The molecule has 0 atom stereocenters. The van der Waals surface area contributed by atoms with Crippen molar-refractivity contribution in [1.29, 1.82) is 5.26 Å². The highest BCUT2D eigenvalue weighted by atomic mass is 16.5. The number of nitrogens with zero attached hydrogens (tertiary/aromatic N) is 2. The molecule has 0 aromatic carbocycles. The first-order valence-electron chi connectivity index (χ1n) is 5.88. The standard InChI is InChI=1S/C13H19N3O/c1-11-6-7-12(10-14)13(16-11)15-8-4-3-5-9-17-2/h6-7H,3-5,8-9H2,1-2H3,(H,15,16). The molecule has 92 valence electrons. The van der Waals surface area contributed by atoms with E-state index in [1.807, 2.05) is 13.0 Å². The van der Waals surface area contributed by atoms with Gasteiger partial charge in [-0.25, -0.2) is 4.98 Å². The lowest BCUT2D eigenvalue weighted by Gasteiger charge is -2.07. The number of hydrogen-bond acceptors (Lipinski definition) is 4. The zero-order valence-corrected chi connectivity index (χ0v) is 10.5. The summed E-state index contributed by atoms with van der Waals surface area (Å²) < 4.78 is 4.98. The molecule has 0 saturated carbocycles. The van der Waals surface area contributed by atoms with Gasteiger partial charge in [0.25, 0.3) is 0 Å². The number of rotatable bonds is 7. The molecule has 1 aromatic heterocycles. The third-order valence-corrected chi connectivity index (χ3v) is 2.47. The van der Waals surface area contributed by atoms with E-state index in [1.54, 1.807) is 13.2 Å². The van der Waals surface area contributed by atoms with Gasteiger partial charge in [0.1, 0.15) is 11.9 Å². The monoisotopic (exact) mass is 233 g/mol. The van der Waals surface area contributed by atoms with Gasteiger partial charge < -0.3 is 10.1 Å². The fraction of sp³-hybridized carbons (Fsp3) is 0.538. The predicted octanol–water partition coefficient (Wildman–Crippen LogP) is 2.49. The number of unbranched alkanes of at least 4 members (excludes halogenated alkanes) is 2. The smallest absolute Gasteiger partial charge is 0.144 e. The van der Waals surface area contributed by atoms with E-state index in [0.717, 1.165) is 38.1 Å². The van der Waals surface area contributed by atoms with Crippen molar-refractivity contribution in [1.82, 2.24) is 4.98 Å². The molecule has 0 unspecified atom stereocenters. The lowest BCUT2D eigenvalue weighted by molar-refractivity contribution is 0.192. The quantitative estimate of drug-likeness (QED) is 0.735. The van der Waals surface area contributed by atoms with Crippen molar-refractivity contribution in [3.8, 4) is 6.07 Å². The first-order valence-corrected chi connectivity index (χ1v) is 5.88. The highest BCUT2D eigenvalue weighted by Gasteiger charge is 2.02. The van der Waals surface area contributed by atoms with E-state index >= 15 is 0 Å². The molecule has 1 N–H and O–H groups in total. The van der Waals surface area contributed by atoms with Gasteiger partial charge >= 0.3 is 0 Å². The average Bonchev–Trinajstić information content (AvgIpc) is 2.34. The van der Waals surface area contributed by atoms with Gasteiger partial charge in [-0.05, 0) is 38.3 Å². The molecule has 0 radical (unpaired) electrons. The molecular weight excluding hydrogens is 214 g/mol. The van der Waals surface area contributed by atoms with Crippen LogP contribution < -0.4 is 5.32 Å². The molecule has 4 nitrogen and oxygen atoms in total. The second-order valence-electron chi connectivity index (χ2n) is 3.94. The zero-order chi connectivity index (χ0) is 12.5. The number of nitrogens with one attached hydrogen (secondary N) is 1. The lowest BCUT2D eigenvalue weighted by Crippen LogP contribution is -2.06. The molecule has 0 spiro atoms. The molecule has 0 saturated heterocycles. The van der Waals surface area contributed by atoms with Gasteiger partial charge in [0.05, 0.1) is 5.56 Å². The molecule has 0 aliphatic heterocycles. The second kappa shape index (κ2) is 7.64. The number of hydrogen-bond donors (Lipinski definition) is 1. The largest absolute Gasteiger partial charge is 0.385 e. The van der Waals surface area contributed by atoms with Crippen molar-refractivity contribution in [2.24, 2.45) is 0 Å². The number of aromatic nitrogens is 1. The molecule has 0 bridgehead atoms. The SMILES string of the molecule is COCCCCCNc1nc(C)ccc1C#N. The number of aryl methyl sites for hydroxylation is 1. The molecule has 0 amide bonds. The fourth-order valence-electron chi connectivity index (χ4n) is 1.54. The van der Waals surface area contributed by atoms with Crippen molar-refractivity contribution in [3.63, 3.8) is 0 Å². The van der Waals surface area contributed by atoms with E-state index in [4.69, 9.17) is 10.00 Å². The van der Waals surface area contributed by atoms with Crippen molar-refractivity contribution in [2.45, 2.75) is 26.2 Å². The Bertz CT molecular complexity index is 385. The number of anilines is 1. The van der Waals surface area contributed by atoms with Gasteiger partial charge in [0.15, 0.2) is 0 Å². The normalized spacial score (nSPS) is 9.94. The van der Waals surface area contributed by atoms with Gasteiger partial charge in [0, 0.05) is 26.0 Å². The van der Waals surface area contributed by atoms with E-state index in [1.165, 1.54) is 0 Å². The fourth-order valence-corrected chi connectivity index (χ4v) is 1.54. The van der Waals surface area contributed by atoms with Gasteiger partial charge in [-0.1, -0.05) is 0 Å². The van der Waals surface area contributed by atoms with Crippen molar-refractivity contribution < 1.29 is 4.74 Å². The molecule has 0 fully saturated rings. The van der Waals surface area contributed by atoms with Crippen LogP contribution in [0, 0.1) is 18.3 Å². The molecule has 0 aliphatic rings. The average molecular weight is 233 g/mol. The summed E-state index contributed by atoms with van der Waals surface area (Å²) in [5.41, 5.74) is 1.53. The van der Waals surface area contributed by atoms with Gasteiger partial charge in [-0.2, -0.15) is 5.26 Å². The van der Waals surface area contributed by atoms with E-state index in [0.29, 0.717) is 11.4 Å². The molecule has 1 rings (SSSR count). The number of pyridine rings is 1. The minimum Gasteiger partial charge on any atom is -0.385 e. The Labute approximate surface area is 103 Å². The number of methoxy groups -OCH3 is 1. The first-order chi connectivity index (χ1) is 8.27.